The van der Waals surface area contributed by atoms with Gasteiger partial charge >= 0.3 is 6.18 Å². The minimum atomic E-state index is -4.43. The van der Waals surface area contributed by atoms with Crippen LogP contribution in [-0.4, -0.2) is 56.3 Å². The monoisotopic (exact) mass is 498 g/mol. The number of halogens is 3. The van der Waals surface area contributed by atoms with Gasteiger partial charge in [0.15, 0.2) is 0 Å². The highest BCUT2D eigenvalue weighted by Gasteiger charge is 2.31. The Kier molecular flexibility index (Phi) is 6.59. The largest absolute Gasteiger partial charge is 0.416 e. The lowest BCUT2D eigenvalue weighted by Crippen LogP contribution is -2.46. The second-order valence-corrected chi connectivity index (χ2v) is 8.90. The molecule has 2 aromatic heterocycles. The summed E-state index contributed by atoms with van der Waals surface area (Å²) in [6, 6.07) is 12.7. The number of nitrogens with zero attached hydrogens (tertiary/aromatic N) is 6. The van der Waals surface area contributed by atoms with E-state index >= 15 is 0 Å². The van der Waals surface area contributed by atoms with Crippen LogP contribution >= 0.6 is 0 Å². The van der Waals surface area contributed by atoms with Gasteiger partial charge in [0.25, 0.3) is 0 Å². The zero-order valence-electron chi connectivity index (χ0n) is 19.9. The third kappa shape index (κ3) is 5.31. The van der Waals surface area contributed by atoms with Crippen molar-refractivity contribution in [3.8, 4) is 22.8 Å². The molecule has 0 saturated carbocycles. The molecule has 11 heteroatoms. The van der Waals surface area contributed by atoms with Crippen LogP contribution in [0.3, 0.4) is 0 Å². The summed E-state index contributed by atoms with van der Waals surface area (Å²) in [6.07, 6.45) is -4.43. The minimum absolute atomic E-state index is 0.141. The average Bonchev–Trinajstić information content (AvgIpc) is 3.55. The molecule has 8 nitrogen and oxygen atoms in total. The van der Waals surface area contributed by atoms with Crippen molar-refractivity contribution in [2.75, 3.05) is 26.2 Å². The summed E-state index contributed by atoms with van der Waals surface area (Å²) in [4.78, 5) is 13.3. The first-order chi connectivity index (χ1) is 17.3. The van der Waals surface area contributed by atoms with Crippen LogP contribution < -0.4 is 0 Å². The maximum Gasteiger partial charge on any atom is 0.416 e. The summed E-state index contributed by atoms with van der Waals surface area (Å²) < 4.78 is 50.0. The smallest absolute Gasteiger partial charge is 0.338 e. The normalized spacial score (nSPS) is 16.4. The lowest BCUT2D eigenvalue weighted by atomic mass is 10.1. The van der Waals surface area contributed by atoms with Gasteiger partial charge in [-0.25, -0.2) is 0 Å². The van der Waals surface area contributed by atoms with Crippen molar-refractivity contribution in [2.24, 2.45) is 0 Å². The molecule has 5 rings (SSSR count). The predicted molar refractivity (Wildman–Crippen MR) is 124 cm³/mol. The molecule has 1 aliphatic heterocycles. The maximum atomic E-state index is 13.0. The molecule has 0 N–H and O–H groups in total. The predicted octanol–water partition coefficient (Wildman–Crippen LogP) is 4.99. The highest BCUT2D eigenvalue weighted by Crippen LogP contribution is 2.32. The molecule has 3 heterocycles. The summed E-state index contributed by atoms with van der Waals surface area (Å²) in [5.74, 6) is 1.65. The van der Waals surface area contributed by atoms with E-state index in [9.17, 15) is 13.2 Å². The Balaban J connectivity index is 1.17. The maximum absolute atomic E-state index is 13.0. The van der Waals surface area contributed by atoms with Gasteiger partial charge in [0.2, 0.25) is 23.4 Å². The molecule has 1 saturated heterocycles. The number of alkyl halides is 3. The van der Waals surface area contributed by atoms with E-state index < -0.39 is 11.7 Å². The van der Waals surface area contributed by atoms with Crippen molar-refractivity contribution >= 4 is 0 Å². The van der Waals surface area contributed by atoms with Crippen molar-refractivity contribution < 1.29 is 22.2 Å². The number of hydrogen-bond donors (Lipinski definition) is 0. The number of piperazine rings is 1. The van der Waals surface area contributed by atoms with Crippen LogP contribution in [0.2, 0.25) is 0 Å². The molecule has 4 aromatic rings. The summed E-state index contributed by atoms with van der Waals surface area (Å²) in [7, 11) is 0. The summed E-state index contributed by atoms with van der Waals surface area (Å²) in [6.45, 7) is 7.59. The lowest BCUT2D eigenvalue weighted by Gasteiger charge is -2.36. The van der Waals surface area contributed by atoms with Gasteiger partial charge in [-0.1, -0.05) is 52.3 Å². The molecule has 0 bridgehead atoms. The Morgan fingerprint density at radius 1 is 0.889 bits per heavy atom. The highest BCUT2D eigenvalue weighted by atomic mass is 19.4. The highest BCUT2D eigenvalue weighted by molar-refractivity contribution is 5.56. The second kappa shape index (κ2) is 9.82. The number of aromatic nitrogens is 4. The van der Waals surface area contributed by atoms with Crippen LogP contribution in [0.1, 0.15) is 35.9 Å². The molecule has 0 amide bonds. The molecular weight excluding hydrogens is 473 g/mol. The molecular formula is C25H25F3N6O2. The number of benzene rings is 2. The van der Waals surface area contributed by atoms with Gasteiger partial charge in [0.05, 0.1) is 18.2 Å². The third-order valence-electron chi connectivity index (χ3n) is 6.34. The Bertz CT molecular complexity index is 1310. The van der Waals surface area contributed by atoms with E-state index in [1.54, 1.807) is 0 Å². The summed E-state index contributed by atoms with van der Waals surface area (Å²) in [5.41, 5.74) is 1.60. The molecule has 0 radical (unpaired) electrons. The summed E-state index contributed by atoms with van der Waals surface area (Å²) >= 11 is 0. The number of rotatable bonds is 6. The van der Waals surface area contributed by atoms with E-state index in [-0.39, 0.29) is 17.4 Å². The molecule has 0 spiro atoms. The van der Waals surface area contributed by atoms with Gasteiger partial charge in [0.1, 0.15) is 0 Å². The first-order valence-corrected chi connectivity index (χ1v) is 11.6. The number of hydrogen-bond acceptors (Lipinski definition) is 8. The second-order valence-electron chi connectivity index (χ2n) is 8.90. The molecule has 1 unspecified atom stereocenters. The van der Waals surface area contributed by atoms with Crippen LogP contribution in [0.25, 0.3) is 22.8 Å². The van der Waals surface area contributed by atoms with Crippen LogP contribution in [0, 0.1) is 6.92 Å². The van der Waals surface area contributed by atoms with E-state index in [1.165, 1.54) is 17.7 Å². The van der Waals surface area contributed by atoms with Gasteiger partial charge in [-0.05, 0) is 26.0 Å². The van der Waals surface area contributed by atoms with Crippen LogP contribution in [0.15, 0.2) is 57.6 Å². The van der Waals surface area contributed by atoms with E-state index in [4.69, 9.17) is 9.05 Å². The van der Waals surface area contributed by atoms with E-state index in [2.05, 4.69) is 30.1 Å². The van der Waals surface area contributed by atoms with Crippen molar-refractivity contribution in [3.63, 3.8) is 0 Å². The van der Waals surface area contributed by atoms with Crippen LogP contribution in [-0.2, 0) is 12.7 Å². The first kappa shape index (κ1) is 24.1. The fourth-order valence-electron chi connectivity index (χ4n) is 4.15. The Morgan fingerprint density at radius 3 is 2.31 bits per heavy atom. The van der Waals surface area contributed by atoms with Gasteiger partial charge < -0.3 is 9.05 Å². The molecule has 1 aliphatic rings. The molecule has 188 valence electrons. The van der Waals surface area contributed by atoms with Gasteiger partial charge in [-0.2, -0.15) is 23.1 Å². The number of aryl methyl sites for hydroxylation is 1. The fraction of sp³-hybridized carbons (Fsp3) is 0.360. The molecule has 36 heavy (non-hydrogen) atoms. The zero-order valence-corrected chi connectivity index (χ0v) is 19.9. The van der Waals surface area contributed by atoms with Crippen molar-refractivity contribution in [1.29, 1.82) is 0 Å². The molecule has 1 atom stereocenters. The molecule has 1 fully saturated rings. The average molecular weight is 499 g/mol. The Morgan fingerprint density at radius 2 is 1.58 bits per heavy atom. The van der Waals surface area contributed by atoms with E-state index in [0.29, 0.717) is 24.2 Å². The minimum Gasteiger partial charge on any atom is -0.338 e. The van der Waals surface area contributed by atoms with E-state index in [0.717, 1.165) is 43.9 Å². The first-order valence-electron chi connectivity index (χ1n) is 11.6. The molecule has 0 aliphatic carbocycles. The third-order valence-corrected chi connectivity index (χ3v) is 6.34. The Hall–Kier alpha value is -3.57. The van der Waals surface area contributed by atoms with E-state index in [1.807, 2.05) is 38.1 Å². The van der Waals surface area contributed by atoms with Gasteiger partial charge in [-0.3, -0.25) is 9.80 Å². The topological polar surface area (TPSA) is 84.3 Å². The van der Waals surface area contributed by atoms with Crippen molar-refractivity contribution in [2.45, 2.75) is 32.6 Å². The van der Waals surface area contributed by atoms with Gasteiger partial charge in [0, 0.05) is 37.3 Å². The van der Waals surface area contributed by atoms with Crippen molar-refractivity contribution in [1.82, 2.24) is 30.1 Å². The fourth-order valence-corrected chi connectivity index (χ4v) is 4.15. The zero-order chi connectivity index (χ0) is 25.3. The Labute approximate surface area is 205 Å². The van der Waals surface area contributed by atoms with Gasteiger partial charge in [-0.15, -0.1) is 0 Å². The molecule has 2 aromatic carbocycles. The SMILES string of the molecule is Cc1ccc(-c2noc(CN3CCN(C(C)c4nc(-c5cccc(C(F)(F)F)c5)no4)CC3)n2)cc1. The summed E-state index contributed by atoms with van der Waals surface area (Å²) in [5, 5.41) is 8.01. The van der Waals surface area contributed by atoms with Crippen molar-refractivity contribution in [3.05, 3.63) is 71.4 Å². The van der Waals surface area contributed by atoms with Crippen LogP contribution in [0.4, 0.5) is 13.2 Å². The standard InChI is InChI=1S/C25H25F3N6O2/c1-16-6-8-18(9-7-16)22-29-21(35-31-22)15-33-10-12-34(13-11-33)17(2)24-30-23(32-36-24)19-4-3-5-20(14-19)25(26,27)28/h3-9,14,17H,10-13,15H2,1-2H3. The van der Waals surface area contributed by atoms with Crippen LogP contribution in [0.5, 0.6) is 0 Å². The quantitative estimate of drug-likeness (QED) is 0.368. The lowest BCUT2D eigenvalue weighted by molar-refractivity contribution is -0.137.